The summed E-state index contributed by atoms with van der Waals surface area (Å²) < 4.78 is 1.56. The van der Waals surface area contributed by atoms with E-state index in [1.807, 2.05) is 25.1 Å². The third kappa shape index (κ3) is 3.27. The smallest absolute Gasteiger partial charge is 0.548 e. The molecule has 7 heteroatoms. The number of aliphatic carboxylic acids is 1. The van der Waals surface area contributed by atoms with Crippen molar-refractivity contribution >= 4 is 28.6 Å². The molecular formula is C16H13ClLiN3O2. The summed E-state index contributed by atoms with van der Waals surface area (Å²) in [6, 6.07) is 7.43. The normalized spacial score (nSPS) is 10.5. The number of halogens is 1. The predicted molar refractivity (Wildman–Crippen MR) is 82.4 cm³/mol. The van der Waals surface area contributed by atoms with E-state index in [0.29, 0.717) is 17.1 Å². The van der Waals surface area contributed by atoms with Crippen LogP contribution in [0.4, 0.5) is 0 Å². The van der Waals surface area contributed by atoms with Gasteiger partial charge in [-0.2, -0.15) is 0 Å². The van der Waals surface area contributed by atoms with Crippen LogP contribution in [-0.4, -0.2) is 20.5 Å². The third-order valence-electron chi connectivity index (χ3n) is 3.53. The molecule has 0 bridgehead atoms. The van der Waals surface area contributed by atoms with Gasteiger partial charge in [0.1, 0.15) is 12.0 Å². The summed E-state index contributed by atoms with van der Waals surface area (Å²) in [5.74, 6) is -1.17. The number of benzene rings is 1. The second-order valence-electron chi connectivity index (χ2n) is 4.90. The Bertz CT molecular complexity index is 864. The standard InChI is InChI=1S/C16H14ClN3O2.Li/c1-2-13-15-11(10-5-3-4-6-12(10)17)7-20(8-14(21)22)16(15)19-9-18-13;/h3-7,9H,2,8H2,1H3,(H,21,22);/q;+1/p-1. The van der Waals surface area contributed by atoms with Gasteiger partial charge in [-0.3, -0.25) is 0 Å². The van der Waals surface area contributed by atoms with E-state index in [1.54, 1.807) is 16.8 Å². The van der Waals surface area contributed by atoms with Crippen molar-refractivity contribution in [1.29, 1.82) is 0 Å². The Morgan fingerprint density at radius 3 is 2.65 bits per heavy atom. The maximum atomic E-state index is 11.0. The van der Waals surface area contributed by atoms with Crippen molar-refractivity contribution in [3.05, 3.63) is 47.5 Å². The van der Waals surface area contributed by atoms with Gasteiger partial charge < -0.3 is 14.5 Å². The van der Waals surface area contributed by atoms with Crippen LogP contribution in [0.3, 0.4) is 0 Å². The van der Waals surface area contributed by atoms with Crippen molar-refractivity contribution < 1.29 is 28.8 Å². The molecule has 0 atom stereocenters. The first kappa shape index (κ1) is 17.5. The number of fused-ring (bicyclic) bond motifs is 1. The fourth-order valence-electron chi connectivity index (χ4n) is 2.60. The minimum atomic E-state index is -1.17. The number of hydrogen-bond donors (Lipinski definition) is 0. The minimum Gasteiger partial charge on any atom is -0.548 e. The van der Waals surface area contributed by atoms with Crippen LogP contribution in [0.25, 0.3) is 22.2 Å². The SMILES string of the molecule is CCc1ncnc2c1c(-c1ccccc1Cl)cn2CC(=O)[O-].[Li+]. The average molecular weight is 322 g/mol. The summed E-state index contributed by atoms with van der Waals surface area (Å²) in [5, 5.41) is 12.4. The molecule has 0 aliphatic carbocycles. The molecule has 2 aromatic heterocycles. The van der Waals surface area contributed by atoms with Crippen LogP contribution >= 0.6 is 11.6 Å². The number of carboxylic acid groups (broad SMARTS) is 1. The first-order valence-corrected chi connectivity index (χ1v) is 7.27. The van der Waals surface area contributed by atoms with Gasteiger partial charge >= 0.3 is 18.9 Å². The number of carboxylic acids is 1. The maximum absolute atomic E-state index is 11.0. The summed E-state index contributed by atoms with van der Waals surface area (Å²) in [7, 11) is 0. The molecule has 3 aromatic rings. The second kappa shape index (κ2) is 7.18. The van der Waals surface area contributed by atoms with Crippen LogP contribution in [0.1, 0.15) is 12.6 Å². The summed E-state index contributed by atoms with van der Waals surface area (Å²) in [5.41, 5.74) is 3.10. The Morgan fingerprint density at radius 2 is 2.00 bits per heavy atom. The van der Waals surface area contributed by atoms with Gasteiger partial charge in [0.15, 0.2) is 0 Å². The van der Waals surface area contributed by atoms with E-state index in [-0.39, 0.29) is 25.4 Å². The summed E-state index contributed by atoms with van der Waals surface area (Å²) in [6.07, 6.45) is 3.91. The van der Waals surface area contributed by atoms with Gasteiger partial charge in [0.05, 0.1) is 18.2 Å². The Kier molecular flexibility index (Phi) is 5.48. The van der Waals surface area contributed by atoms with Gasteiger partial charge in [-0.15, -0.1) is 0 Å². The summed E-state index contributed by atoms with van der Waals surface area (Å²) in [6.45, 7) is 1.73. The van der Waals surface area contributed by atoms with E-state index in [2.05, 4.69) is 9.97 Å². The van der Waals surface area contributed by atoms with Crippen molar-refractivity contribution in [2.75, 3.05) is 0 Å². The Morgan fingerprint density at radius 1 is 1.26 bits per heavy atom. The van der Waals surface area contributed by atoms with Crippen molar-refractivity contribution in [1.82, 2.24) is 14.5 Å². The zero-order valence-corrected chi connectivity index (χ0v) is 13.7. The van der Waals surface area contributed by atoms with Crippen molar-refractivity contribution in [3.8, 4) is 11.1 Å². The van der Waals surface area contributed by atoms with E-state index in [0.717, 1.165) is 22.2 Å². The van der Waals surface area contributed by atoms with Crippen LogP contribution in [0.2, 0.25) is 5.02 Å². The molecule has 112 valence electrons. The molecule has 0 aliphatic heterocycles. The van der Waals surface area contributed by atoms with Crippen LogP contribution < -0.4 is 24.0 Å². The number of nitrogens with zero attached hydrogens (tertiary/aromatic N) is 3. The monoisotopic (exact) mass is 321 g/mol. The van der Waals surface area contributed by atoms with Gasteiger partial charge in [-0.25, -0.2) is 9.97 Å². The van der Waals surface area contributed by atoms with Crippen molar-refractivity contribution in [3.63, 3.8) is 0 Å². The fourth-order valence-corrected chi connectivity index (χ4v) is 2.84. The minimum absolute atomic E-state index is 0. The molecular weight excluding hydrogens is 309 g/mol. The third-order valence-corrected chi connectivity index (χ3v) is 3.86. The molecule has 0 radical (unpaired) electrons. The average Bonchev–Trinajstić information content (AvgIpc) is 2.86. The maximum Gasteiger partial charge on any atom is 1.00 e. The van der Waals surface area contributed by atoms with Crippen LogP contribution in [0, 0.1) is 0 Å². The first-order valence-electron chi connectivity index (χ1n) is 6.89. The van der Waals surface area contributed by atoms with E-state index >= 15 is 0 Å². The summed E-state index contributed by atoms with van der Waals surface area (Å²) in [4.78, 5) is 19.5. The fraction of sp³-hybridized carbons (Fsp3) is 0.188. The molecule has 0 unspecified atom stereocenters. The predicted octanol–water partition coefficient (Wildman–Crippen LogP) is -0.932. The number of aryl methyl sites for hydroxylation is 1. The van der Waals surface area contributed by atoms with E-state index in [1.165, 1.54) is 6.33 Å². The van der Waals surface area contributed by atoms with Crippen molar-refractivity contribution in [2.24, 2.45) is 0 Å². The van der Waals surface area contributed by atoms with Gasteiger partial charge in [0.2, 0.25) is 0 Å². The number of hydrogen-bond acceptors (Lipinski definition) is 4. The topological polar surface area (TPSA) is 70.8 Å². The Hall–Kier alpha value is -1.80. The molecule has 2 heterocycles. The van der Waals surface area contributed by atoms with Crippen molar-refractivity contribution in [2.45, 2.75) is 19.9 Å². The molecule has 0 amide bonds. The van der Waals surface area contributed by atoms with Gasteiger partial charge in [0.25, 0.3) is 0 Å². The van der Waals surface area contributed by atoms with Gasteiger partial charge in [-0.05, 0) is 12.5 Å². The number of carbonyl (C=O) groups is 1. The molecule has 0 saturated heterocycles. The van der Waals surface area contributed by atoms with E-state index < -0.39 is 5.97 Å². The number of carbonyl (C=O) groups excluding carboxylic acids is 1. The second-order valence-corrected chi connectivity index (χ2v) is 5.30. The van der Waals surface area contributed by atoms with Crippen LogP contribution in [0.15, 0.2) is 36.8 Å². The number of aromatic nitrogens is 3. The molecule has 0 aliphatic rings. The zero-order valence-electron chi connectivity index (χ0n) is 12.9. The Balaban J connectivity index is 0.00000192. The summed E-state index contributed by atoms with van der Waals surface area (Å²) >= 11 is 6.29. The van der Waals surface area contributed by atoms with Gasteiger partial charge in [0, 0.05) is 27.7 Å². The first-order chi connectivity index (χ1) is 10.6. The van der Waals surface area contributed by atoms with E-state index in [4.69, 9.17) is 11.6 Å². The number of rotatable bonds is 4. The largest absolute Gasteiger partial charge is 1.00 e. The van der Waals surface area contributed by atoms with Crippen LogP contribution in [-0.2, 0) is 17.8 Å². The molecule has 1 aromatic carbocycles. The molecule has 0 fully saturated rings. The van der Waals surface area contributed by atoms with Gasteiger partial charge in [-0.1, -0.05) is 36.7 Å². The zero-order chi connectivity index (χ0) is 15.7. The molecule has 23 heavy (non-hydrogen) atoms. The molecule has 0 spiro atoms. The van der Waals surface area contributed by atoms with Crippen LogP contribution in [0.5, 0.6) is 0 Å². The quantitative estimate of drug-likeness (QED) is 0.582. The Labute approximate surface area is 150 Å². The molecule has 0 saturated carbocycles. The molecule has 0 N–H and O–H groups in total. The molecule has 5 nitrogen and oxygen atoms in total. The molecule has 3 rings (SSSR count). The van der Waals surface area contributed by atoms with E-state index in [9.17, 15) is 9.90 Å².